The van der Waals surface area contributed by atoms with Crippen LogP contribution in [-0.2, 0) is 14.3 Å². The first-order valence-electron chi connectivity index (χ1n) is 12.6. The van der Waals surface area contributed by atoms with E-state index >= 15 is 0 Å². The number of benzene rings is 2. The minimum atomic E-state index is -0.793. The molecule has 1 heterocycles. The third kappa shape index (κ3) is 5.34. The van der Waals surface area contributed by atoms with Gasteiger partial charge in [-0.05, 0) is 53.4 Å². The fraction of sp³-hybridized carbons (Fsp3) is 0.464. The maximum absolute atomic E-state index is 13.3. The predicted octanol–water partition coefficient (Wildman–Crippen LogP) is 4.41. The number of aliphatic carboxylic acids is 1. The van der Waals surface area contributed by atoms with Gasteiger partial charge in [0.05, 0.1) is 0 Å². The summed E-state index contributed by atoms with van der Waals surface area (Å²) in [5.41, 5.74) is 4.64. The van der Waals surface area contributed by atoms with Crippen LogP contribution in [0.1, 0.15) is 55.6 Å². The second-order valence-corrected chi connectivity index (χ2v) is 10.1. The Hall–Kier alpha value is -3.35. The van der Waals surface area contributed by atoms with Crippen LogP contribution in [-0.4, -0.2) is 53.7 Å². The van der Waals surface area contributed by atoms with Gasteiger partial charge < -0.3 is 20.1 Å². The highest BCUT2D eigenvalue weighted by molar-refractivity contribution is 5.86. The van der Waals surface area contributed by atoms with Gasteiger partial charge in [-0.3, -0.25) is 9.59 Å². The van der Waals surface area contributed by atoms with Gasteiger partial charge in [0.25, 0.3) is 0 Å². The molecule has 1 atom stereocenters. The number of fused-ring (bicyclic) bond motifs is 3. The zero-order valence-corrected chi connectivity index (χ0v) is 19.8. The number of hydrogen-bond acceptors (Lipinski definition) is 4. The summed E-state index contributed by atoms with van der Waals surface area (Å²) < 4.78 is 5.68. The normalized spacial score (nSPS) is 18.5. The number of likely N-dealkylation sites (tertiary alicyclic amines) is 1. The van der Waals surface area contributed by atoms with Gasteiger partial charge in [-0.15, -0.1) is 0 Å². The lowest BCUT2D eigenvalue weighted by atomic mass is 9.93. The zero-order chi connectivity index (χ0) is 24.4. The van der Waals surface area contributed by atoms with Gasteiger partial charge in [0.15, 0.2) is 0 Å². The number of nitrogens with zero attached hydrogens (tertiary/aromatic N) is 1. The van der Waals surface area contributed by atoms with Crippen molar-refractivity contribution in [3.8, 4) is 11.1 Å². The maximum Gasteiger partial charge on any atom is 0.407 e. The van der Waals surface area contributed by atoms with Crippen molar-refractivity contribution in [1.29, 1.82) is 0 Å². The fourth-order valence-electron chi connectivity index (χ4n) is 5.52. The first-order valence-corrected chi connectivity index (χ1v) is 12.6. The lowest BCUT2D eigenvalue weighted by molar-refractivity contribution is -0.139. The van der Waals surface area contributed by atoms with Gasteiger partial charge >= 0.3 is 12.1 Å². The molecular formula is C28H32N2O5. The molecule has 3 aliphatic rings. The van der Waals surface area contributed by atoms with E-state index in [4.69, 9.17) is 9.84 Å². The number of carboxylic acid groups (broad SMARTS) is 1. The molecule has 2 aromatic carbocycles. The summed E-state index contributed by atoms with van der Waals surface area (Å²) in [6.07, 6.45) is 3.72. The molecule has 184 valence electrons. The third-order valence-electron chi connectivity index (χ3n) is 7.59. The lowest BCUT2D eigenvalue weighted by Gasteiger charge is -2.34. The van der Waals surface area contributed by atoms with E-state index in [-0.39, 0.29) is 30.8 Å². The quantitative estimate of drug-likeness (QED) is 0.589. The molecule has 1 saturated heterocycles. The van der Waals surface area contributed by atoms with Crippen LogP contribution in [0, 0.1) is 11.8 Å². The van der Waals surface area contributed by atoms with E-state index in [0.717, 1.165) is 24.0 Å². The zero-order valence-electron chi connectivity index (χ0n) is 19.8. The molecule has 0 bridgehead atoms. The molecule has 2 aromatic rings. The van der Waals surface area contributed by atoms with Crippen molar-refractivity contribution in [2.24, 2.45) is 11.8 Å². The lowest BCUT2D eigenvalue weighted by Crippen LogP contribution is -2.51. The number of alkyl carbamates (subject to hydrolysis) is 1. The van der Waals surface area contributed by atoms with Crippen LogP contribution >= 0.6 is 0 Å². The fourth-order valence-corrected chi connectivity index (χ4v) is 5.52. The second-order valence-electron chi connectivity index (χ2n) is 10.1. The summed E-state index contributed by atoms with van der Waals surface area (Å²) in [6, 6.07) is 15.8. The van der Waals surface area contributed by atoms with E-state index in [1.165, 1.54) is 11.1 Å². The predicted molar refractivity (Wildman–Crippen MR) is 131 cm³/mol. The Labute approximate surface area is 205 Å². The molecule has 2 N–H and O–H groups in total. The van der Waals surface area contributed by atoms with Crippen molar-refractivity contribution in [3.63, 3.8) is 0 Å². The van der Waals surface area contributed by atoms with Crippen molar-refractivity contribution >= 4 is 18.0 Å². The number of ether oxygens (including phenoxy) is 1. The first kappa shape index (κ1) is 23.4. The summed E-state index contributed by atoms with van der Waals surface area (Å²) in [5.74, 6) is -0.340. The van der Waals surface area contributed by atoms with Crippen molar-refractivity contribution in [1.82, 2.24) is 10.2 Å². The minimum absolute atomic E-state index is 0.0287. The largest absolute Gasteiger partial charge is 0.481 e. The van der Waals surface area contributed by atoms with Crippen molar-refractivity contribution in [2.45, 2.75) is 50.5 Å². The Morgan fingerprint density at radius 1 is 0.914 bits per heavy atom. The van der Waals surface area contributed by atoms with E-state index in [9.17, 15) is 14.4 Å². The first-order chi connectivity index (χ1) is 17.0. The minimum Gasteiger partial charge on any atom is -0.481 e. The summed E-state index contributed by atoms with van der Waals surface area (Å²) in [5, 5.41) is 11.9. The number of rotatable bonds is 8. The Kier molecular flexibility index (Phi) is 6.75. The van der Waals surface area contributed by atoms with Gasteiger partial charge in [0, 0.05) is 25.4 Å². The Balaban J connectivity index is 1.20. The standard InChI is InChI=1S/C28H32N2O5/c31-26(32)16-19-11-13-30(14-12-19)27(33)25(15-18-9-10-18)29-28(34)35-17-24-22-7-3-1-5-20(22)21-6-2-4-8-23(21)24/h1-8,18-19,24-25H,9-17H2,(H,29,34)(H,31,32). The van der Waals surface area contributed by atoms with Gasteiger partial charge in [-0.1, -0.05) is 61.4 Å². The Morgan fingerprint density at radius 3 is 2.09 bits per heavy atom. The molecule has 7 nitrogen and oxygen atoms in total. The SMILES string of the molecule is O=C(O)CC1CCN(C(=O)C(CC2CC2)NC(=O)OCC2c3ccccc3-c3ccccc32)CC1. The molecule has 1 unspecified atom stereocenters. The van der Waals surface area contributed by atoms with Gasteiger partial charge in [0.2, 0.25) is 5.91 Å². The van der Waals surface area contributed by atoms with E-state index in [2.05, 4.69) is 29.6 Å². The van der Waals surface area contributed by atoms with E-state index in [1.54, 1.807) is 4.90 Å². The highest BCUT2D eigenvalue weighted by Gasteiger charge is 2.35. The molecule has 7 heteroatoms. The maximum atomic E-state index is 13.3. The van der Waals surface area contributed by atoms with Crippen LogP contribution in [0.5, 0.6) is 0 Å². The van der Waals surface area contributed by atoms with Gasteiger partial charge in [-0.2, -0.15) is 0 Å². The van der Waals surface area contributed by atoms with E-state index in [1.807, 2.05) is 24.3 Å². The molecule has 35 heavy (non-hydrogen) atoms. The highest BCUT2D eigenvalue weighted by Crippen LogP contribution is 2.44. The average Bonchev–Trinajstić information content (AvgIpc) is 3.62. The molecule has 2 fully saturated rings. The van der Waals surface area contributed by atoms with Crippen LogP contribution in [0.25, 0.3) is 11.1 Å². The molecule has 2 amide bonds. The molecule has 1 aliphatic heterocycles. The average molecular weight is 477 g/mol. The number of nitrogens with one attached hydrogen (secondary N) is 1. The smallest absolute Gasteiger partial charge is 0.407 e. The van der Waals surface area contributed by atoms with Crippen LogP contribution in [0.15, 0.2) is 48.5 Å². The third-order valence-corrected chi connectivity index (χ3v) is 7.59. The monoisotopic (exact) mass is 476 g/mol. The number of amides is 2. The van der Waals surface area contributed by atoms with Crippen LogP contribution < -0.4 is 5.32 Å². The van der Waals surface area contributed by atoms with E-state index in [0.29, 0.717) is 38.3 Å². The molecule has 0 spiro atoms. The molecule has 5 rings (SSSR count). The van der Waals surface area contributed by atoms with Gasteiger partial charge in [-0.25, -0.2) is 4.79 Å². The van der Waals surface area contributed by atoms with Gasteiger partial charge in [0.1, 0.15) is 12.6 Å². The second kappa shape index (κ2) is 10.1. The van der Waals surface area contributed by atoms with Crippen LogP contribution in [0.2, 0.25) is 0 Å². The molecule has 2 aliphatic carbocycles. The highest BCUT2D eigenvalue weighted by atomic mass is 16.5. The number of hydrogen-bond donors (Lipinski definition) is 2. The van der Waals surface area contributed by atoms with E-state index < -0.39 is 18.1 Å². The molecule has 0 aromatic heterocycles. The summed E-state index contributed by atoms with van der Waals surface area (Å²) in [4.78, 5) is 38.8. The summed E-state index contributed by atoms with van der Waals surface area (Å²) in [7, 11) is 0. The summed E-state index contributed by atoms with van der Waals surface area (Å²) in [6.45, 7) is 1.28. The number of carbonyl (C=O) groups is 3. The summed E-state index contributed by atoms with van der Waals surface area (Å²) >= 11 is 0. The van der Waals surface area contributed by atoms with Crippen molar-refractivity contribution < 1.29 is 24.2 Å². The van der Waals surface area contributed by atoms with Crippen LogP contribution in [0.4, 0.5) is 4.79 Å². The molecular weight excluding hydrogens is 444 g/mol. The number of carbonyl (C=O) groups excluding carboxylic acids is 2. The van der Waals surface area contributed by atoms with Crippen molar-refractivity contribution in [3.05, 3.63) is 59.7 Å². The van der Waals surface area contributed by atoms with Crippen LogP contribution in [0.3, 0.4) is 0 Å². The molecule has 1 saturated carbocycles. The molecule has 0 radical (unpaired) electrons. The van der Waals surface area contributed by atoms with Crippen molar-refractivity contribution in [2.75, 3.05) is 19.7 Å². The number of piperidine rings is 1. The Morgan fingerprint density at radius 2 is 1.51 bits per heavy atom. The number of carboxylic acids is 1. The Bertz CT molecular complexity index is 1060. The topological polar surface area (TPSA) is 95.9 Å².